The first-order valence-electron chi connectivity index (χ1n) is 7.14. The molecule has 2 rings (SSSR count). The summed E-state index contributed by atoms with van der Waals surface area (Å²) in [5.41, 5.74) is 1.16. The van der Waals surface area contributed by atoms with Gasteiger partial charge in [0.2, 0.25) is 0 Å². The number of aliphatic hydroxyl groups excluding tert-OH is 1. The van der Waals surface area contributed by atoms with Gasteiger partial charge in [-0.2, -0.15) is 0 Å². The second-order valence-electron chi connectivity index (χ2n) is 5.21. The lowest BCUT2D eigenvalue weighted by Gasteiger charge is -2.20. The average Bonchev–Trinajstić information content (AvgIpc) is 2.84. The molecule has 2 N–H and O–H groups in total. The number of rotatable bonds is 7. The van der Waals surface area contributed by atoms with Crippen molar-refractivity contribution in [2.24, 2.45) is 0 Å². The highest BCUT2D eigenvalue weighted by Crippen LogP contribution is 2.37. The Balaban J connectivity index is 1.99. The summed E-state index contributed by atoms with van der Waals surface area (Å²) >= 11 is 7.12. The first kappa shape index (κ1) is 17.2. The lowest BCUT2D eigenvalue weighted by Crippen LogP contribution is -2.26. The van der Waals surface area contributed by atoms with Gasteiger partial charge in [-0.3, -0.25) is 0 Å². The van der Waals surface area contributed by atoms with Gasteiger partial charge in [-0.1, -0.05) is 0 Å². The summed E-state index contributed by atoms with van der Waals surface area (Å²) in [6, 6.07) is 4.09. The van der Waals surface area contributed by atoms with Crippen molar-refractivity contribution < 1.29 is 14.6 Å². The fraction of sp³-hybridized carbons (Fsp3) is 0.600. The zero-order chi connectivity index (χ0) is 15.2. The second kappa shape index (κ2) is 8.48. The topological polar surface area (TPSA) is 50.7 Å². The van der Waals surface area contributed by atoms with Crippen LogP contribution in [0, 0.1) is 0 Å². The molecule has 21 heavy (non-hydrogen) atoms. The maximum atomic E-state index is 9.88. The van der Waals surface area contributed by atoms with Crippen LogP contribution < -0.4 is 10.1 Å². The van der Waals surface area contributed by atoms with E-state index in [0.717, 1.165) is 52.6 Å². The minimum atomic E-state index is -0.362. The Morgan fingerprint density at radius 1 is 1.29 bits per heavy atom. The molecule has 1 aromatic carbocycles. The van der Waals surface area contributed by atoms with Crippen LogP contribution in [0.15, 0.2) is 21.1 Å². The molecule has 1 aliphatic rings. The SMILES string of the molecule is COCCNCc1cc(Br)c(OC2CCCC2O)c(Br)c1. The van der Waals surface area contributed by atoms with Gasteiger partial charge >= 0.3 is 0 Å². The Kier molecular flexibility index (Phi) is 6.95. The summed E-state index contributed by atoms with van der Waals surface area (Å²) in [6.07, 6.45) is 2.27. The Morgan fingerprint density at radius 2 is 2.00 bits per heavy atom. The molecule has 2 atom stereocenters. The highest BCUT2D eigenvalue weighted by atomic mass is 79.9. The van der Waals surface area contributed by atoms with Gasteiger partial charge < -0.3 is 19.9 Å². The quantitative estimate of drug-likeness (QED) is 0.662. The van der Waals surface area contributed by atoms with Crippen LogP contribution in [0.5, 0.6) is 5.75 Å². The van der Waals surface area contributed by atoms with Crippen molar-refractivity contribution in [3.05, 3.63) is 26.6 Å². The standard InChI is InChI=1S/C15H21Br2NO3/c1-20-6-5-18-9-10-7-11(16)15(12(17)8-10)21-14-4-2-3-13(14)19/h7-8,13-14,18-19H,2-6,9H2,1H3. The number of hydrogen-bond acceptors (Lipinski definition) is 4. The van der Waals surface area contributed by atoms with E-state index in [4.69, 9.17) is 9.47 Å². The Bertz CT molecular complexity index is 447. The molecule has 0 aromatic heterocycles. The molecule has 1 fully saturated rings. The summed E-state index contributed by atoms with van der Waals surface area (Å²) in [5, 5.41) is 13.2. The van der Waals surface area contributed by atoms with Crippen LogP contribution in [0.1, 0.15) is 24.8 Å². The molecular weight excluding hydrogens is 402 g/mol. The van der Waals surface area contributed by atoms with Crippen LogP contribution in [0.25, 0.3) is 0 Å². The highest BCUT2D eigenvalue weighted by molar-refractivity contribution is 9.11. The van der Waals surface area contributed by atoms with Crippen molar-refractivity contribution in [3.63, 3.8) is 0 Å². The van der Waals surface area contributed by atoms with E-state index < -0.39 is 0 Å². The predicted octanol–water partition coefficient (Wildman–Crippen LogP) is 3.24. The Labute approximate surface area is 142 Å². The smallest absolute Gasteiger partial charge is 0.148 e. The zero-order valence-electron chi connectivity index (χ0n) is 12.1. The number of ether oxygens (including phenoxy) is 2. The first-order chi connectivity index (χ1) is 10.1. The van der Waals surface area contributed by atoms with Gasteiger partial charge in [0.1, 0.15) is 11.9 Å². The van der Waals surface area contributed by atoms with Gasteiger partial charge in [0.25, 0.3) is 0 Å². The molecule has 1 aromatic rings. The third-order valence-electron chi connectivity index (χ3n) is 3.56. The predicted molar refractivity (Wildman–Crippen MR) is 89.7 cm³/mol. The summed E-state index contributed by atoms with van der Waals surface area (Å²) in [4.78, 5) is 0. The summed E-state index contributed by atoms with van der Waals surface area (Å²) < 4.78 is 12.8. The van der Waals surface area contributed by atoms with Gasteiger partial charge in [-0.15, -0.1) is 0 Å². The molecule has 2 unspecified atom stereocenters. The van der Waals surface area contributed by atoms with Gasteiger partial charge in [-0.05, 0) is 68.8 Å². The molecule has 118 valence electrons. The van der Waals surface area contributed by atoms with E-state index in [-0.39, 0.29) is 12.2 Å². The maximum absolute atomic E-state index is 9.88. The molecule has 1 saturated carbocycles. The molecule has 0 saturated heterocycles. The lowest BCUT2D eigenvalue weighted by molar-refractivity contribution is 0.0594. The monoisotopic (exact) mass is 421 g/mol. The Hall–Kier alpha value is -0.140. The molecule has 0 aliphatic heterocycles. The molecule has 0 radical (unpaired) electrons. The summed E-state index contributed by atoms with van der Waals surface area (Å²) in [7, 11) is 1.69. The van der Waals surface area contributed by atoms with Crippen LogP contribution >= 0.6 is 31.9 Å². The lowest BCUT2D eigenvalue weighted by atomic mass is 10.2. The van der Waals surface area contributed by atoms with E-state index >= 15 is 0 Å². The third-order valence-corrected chi connectivity index (χ3v) is 4.74. The van der Waals surface area contributed by atoms with Gasteiger partial charge in [-0.25, -0.2) is 0 Å². The number of halogens is 2. The van der Waals surface area contributed by atoms with Crippen LogP contribution in [0.4, 0.5) is 0 Å². The molecule has 0 amide bonds. The second-order valence-corrected chi connectivity index (χ2v) is 6.92. The molecule has 0 heterocycles. The number of benzene rings is 1. The van der Waals surface area contributed by atoms with Crippen LogP contribution in [0.2, 0.25) is 0 Å². The van der Waals surface area contributed by atoms with E-state index in [1.165, 1.54) is 0 Å². The number of aliphatic hydroxyl groups is 1. The van der Waals surface area contributed by atoms with Crippen molar-refractivity contribution in [3.8, 4) is 5.75 Å². The molecule has 6 heteroatoms. The van der Waals surface area contributed by atoms with Crippen molar-refractivity contribution in [2.45, 2.75) is 38.0 Å². The maximum Gasteiger partial charge on any atom is 0.148 e. The molecular formula is C15H21Br2NO3. The van der Waals surface area contributed by atoms with Gasteiger partial charge in [0, 0.05) is 20.2 Å². The third kappa shape index (κ3) is 4.93. The van der Waals surface area contributed by atoms with Crippen molar-refractivity contribution in [1.29, 1.82) is 0 Å². The summed E-state index contributed by atoms with van der Waals surface area (Å²) in [6.45, 7) is 2.29. The van der Waals surface area contributed by atoms with Crippen LogP contribution in [0.3, 0.4) is 0 Å². The minimum Gasteiger partial charge on any atom is -0.485 e. The van der Waals surface area contributed by atoms with E-state index in [2.05, 4.69) is 37.2 Å². The van der Waals surface area contributed by atoms with E-state index in [1.54, 1.807) is 7.11 Å². The zero-order valence-corrected chi connectivity index (χ0v) is 15.2. The normalized spacial score (nSPS) is 21.7. The van der Waals surface area contributed by atoms with Crippen LogP contribution in [-0.2, 0) is 11.3 Å². The van der Waals surface area contributed by atoms with Crippen molar-refractivity contribution in [1.82, 2.24) is 5.32 Å². The highest BCUT2D eigenvalue weighted by Gasteiger charge is 2.28. The summed E-state index contributed by atoms with van der Waals surface area (Å²) in [5.74, 6) is 0.765. The molecule has 1 aliphatic carbocycles. The van der Waals surface area contributed by atoms with E-state index in [1.807, 2.05) is 12.1 Å². The van der Waals surface area contributed by atoms with E-state index in [9.17, 15) is 5.11 Å². The fourth-order valence-corrected chi connectivity index (χ4v) is 3.90. The number of methoxy groups -OCH3 is 1. The largest absolute Gasteiger partial charge is 0.485 e. The molecule has 0 bridgehead atoms. The minimum absolute atomic E-state index is 0.108. The van der Waals surface area contributed by atoms with Gasteiger partial charge in [0.05, 0.1) is 21.7 Å². The molecule has 0 spiro atoms. The van der Waals surface area contributed by atoms with Crippen molar-refractivity contribution >= 4 is 31.9 Å². The van der Waals surface area contributed by atoms with Crippen LogP contribution in [-0.4, -0.2) is 37.6 Å². The first-order valence-corrected chi connectivity index (χ1v) is 8.72. The van der Waals surface area contributed by atoms with Gasteiger partial charge in [0.15, 0.2) is 0 Å². The number of hydrogen-bond donors (Lipinski definition) is 2. The molecule has 4 nitrogen and oxygen atoms in total. The van der Waals surface area contributed by atoms with E-state index in [0.29, 0.717) is 6.61 Å². The number of nitrogens with one attached hydrogen (secondary N) is 1. The average molecular weight is 423 g/mol. The Morgan fingerprint density at radius 3 is 2.57 bits per heavy atom. The fourth-order valence-electron chi connectivity index (χ4n) is 2.43. The van der Waals surface area contributed by atoms with Crippen molar-refractivity contribution in [2.75, 3.05) is 20.3 Å².